The van der Waals surface area contributed by atoms with E-state index in [9.17, 15) is 9.18 Å². The number of hydrogen-bond donors (Lipinski definition) is 0. The third-order valence-electron chi connectivity index (χ3n) is 6.27. The molecule has 7 nitrogen and oxygen atoms in total. The number of hydrogen-bond acceptors (Lipinski definition) is 6. The van der Waals surface area contributed by atoms with Gasteiger partial charge < -0.3 is 14.5 Å². The third kappa shape index (κ3) is 4.57. The van der Waals surface area contributed by atoms with Crippen LogP contribution in [-0.2, 0) is 4.74 Å². The van der Waals surface area contributed by atoms with Crippen LogP contribution in [0.4, 0.5) is 10.3 Å². The first-order valence-electron chi connectivity index (χ1n) is 11.3. The molecule has 2 aromatic heterocycles. The van der Waals surface area contributed by atoms with Gasteiger partial charge in [0.05, 0.1) is 24.5 Å². The Hall–Kier alpha value is -3.39. The molecule has 1 amide bonds. The molecular formula is C25H26FN5O2. The fourth-order valence-electron chi connectivity index (χ4n) is 4.55. The van der Waals surface area contributed by atoms with Gasteiger partial charge in [0.15, 0.2) is 0 Å². The summed E-state index contributed by atoms with van der Waals surface area (Å²) < 4.78 is 19.7. The van der Waals surface area contributed by atoms with Crippen molar-refractivity contribution < 1.29 is 13.9 Å². The standard InChI is InChI=1S/C25H26FN5O2/c26-22-8-2-1-7-20(22)24(32)31-10-4-6-19(17-31)23-21(18-5-3-9-27-15-18)16-28-25(29-23)30-11-13-33-14-12-30/h1-3,5,7-9,15-16,19H,4,6,10-14,17H2. The summed E-state index contributed by atoms with van der Waals surface area (Å²) in [4.78, 5) is 30.9. The first kappa shape index (κ1) is 21.5. The number of halogens is 1. The maximum atomic E-state index is 14.3. The number of likely N-dealkylation sites (tertiary alicyclic amines) is 1. The Morgan fingerprint density at radius 2 is 1.91 bits per heavy atom. The van der Waals surface area contributed by atoms with E-state index in [0.29, 0.717) is 32.3 Å². The second-order valence-corrected chi connectivity index (χ2v) is 8.38. The molecule has 0 bridgehead atoms. The highest BCUT2D eigenvalue weighted by atomic mass is 19.1. The lowest BCUT2D eigenvalue weighted by molar-refractivity contribution is 0.0701. The average Bonchev–Trinajstić information content (AvgIpc) is 2.89. The highest BCUT2D eigenvalue weighted by Crippen LogP contribution is 2.34. The normalized spacial score (nSPS) is 18.9. The summed E-state index contributed by atoms with van der Waals surface area (Å²) in [6.07, 6.45) is 7.13. The molecule has 2 saturated heterocycles. The largest absolute Gasteiger partial charge is 0.378 e. The van der Waals surface area contributed by atoms with Gasteiger partial charge in [0.1, 0.15) is 5.82 Å². The lowest BCUT2D eigenvalue weighted by Crippen LogP contribution is -2.40. The van der Waals surface area contributed by atoms with E-state index in [1.807, 2.05) is 24.5 Å². The van der Waals surface area contributed by atoms with E-state index in [1.165, 1.54) is 6.07 Å². The molecule has 5 rings (SSSR count). The Morgan fingerprint density at radius 3 is 2.70 bits per heavy atom. The van der Waals surface area contributed by atoms with Crippen LogP contribution in [0, 0.1) is 5.82 Å². The molecule has 0 spiro atoms. The van der Waals surface area contributed by atoms with Crippen molar-refractivity contribution in [2.75, 3.05) is 44.3 Å². The van der Waals surface area contributed by atoms with E-state index >= 15 is 0 Å². The lowest BCUT2D eigenvalue weighted by atomic mass is 9.90. The summed E-state index contributed by atoms with van der Waals surface area (Å²) >= 11 is 0. The number of amides is 1. The Morgan fingerprint density at radius 1 is 1.06 bits per heavy atom. The molecule has 1 unspecified atom stereocenters. The average molecular weight is 448 g/mol. The van der Waals surface area contributed by atoms with E-state index in [-0.39, 0.29) is 17.4 Å². The van der Waals surface area contributed by atoms with Gasteiger partial charge in [-0.25, -0.2) is 14.4 Å². The van der Waals surface area contributed by atoms with Crippen LogP contribution in [-0.4, -0.2) is 65.2 Å². The van der Waals surface area contributed by atoms with Crippen molar-refractivity contribution in [2.45, 2.75) is 18.8 Å². The first-order chi connectivity index (χ1) is 16.2. The minimum absolute atomic E-state index is 0.0208. The summed E-state index contributed by atoms with van der Waals surface area (Å²) in [5.41, 5.74) is 2.89. The maximum absolute atomic E-state index is 14.3. The van der Waals surface area contributed by atoms with Gasteiger partial charge >= 0.3 is 0 Å². The molecule has 33 heavy (non-hydrogen) atoms. The molecule has 0 saturated carbocycles. The molecular weight excluding hydrogens is 421 g/mol. The van der Waals surface area contributed by atoms with Crippen LogP contribution in [0.3, 0.4) is 0 Å². The Labute approximate surface area is 192 Å². The van der Waals surface area contributed by atoms with Gasteiger partial charge in [0.25, 0.3) is 5.91 Å². The number of morpholine rings is 1. The number of anilines is 1. The fourth-order valence-corrected chi connectivity index (χ4v) is 4.55. The molecule has 2 fully saturated rings. The fraction of sp³-hybridized carbons (Fsp3) is 0.360. The van der Waals surface area contributed by atoms with Crippen LogP contribution < -0.4 is 4.90 Å². The minimum Gasteiger partial charge on any atom is -0.378 e. The zero-order valence-electron chi connectivity index (χ0n) is 18.4. The van der Waals surface area contributed by atoms with Crippen molar-refractivity contribution in [3.05, 3.63) is 72.1 Å². The van der Waals surface area contributed by atoms with Gasteiger partial charge in [-0.15, -0.1) is 0 Å². The number of carbonyl (C=O) groups is 1. The second-order valence-electron chi connectivity index (χ2n) is 8.38. The van der Waals surface area contributed by atoms with E-state index in [2.05, 4.69) is 14.9 Å². The van der Waals surface area contributed by atoms with Crippen LogP contribution in [0.2, 0.25) is 0 Å². The topological polar surface area (TPSA) is 71.5 Å². The number of ether oxygens (including phenoxy) is 1. The van der Waals surface area contributed by atoms with Crippen LogP contribution >= 0.6 is 0 Å². The predicted octanol–water partition coefficient (Wildman–Crippen LogP) is 3.53. The van der Waals surface area contributed by atoms with Gasteiger partial charge in [-0.2, -0.15) is 0 Å². The van der Waals surface area contributed by atoms with Gasteiger partial charge in [-0.1, -0.05) is 18.2 Å². The van der Waals surface area contributed by atoms with Gasteiger partial charge in [0.2, 0.25) is 5.95 Å². The van der Waals surface area contributed by atoms with Crippen molar-refractivity contribution in [3.8, 4) is 11.1 Å². The number of nitrogens with zero attached hydrogens (tertiary/aromatic N) is 5. The number of rotatable bonds is 4. The number of piperidine rings is 1. The minimum atomic E-state index is -0.489. The van der Waals surface area contributed by atoms with E-state index < -0.39 is 5.82 Å². The Balaban J connectivity index is 1.48. The zero-order valence-corrected chi connectivity index (χ0v) is 18.4. The Kier molecular flexibility index (Phi) is 6.26. The number of benzene rings is 1. The molecule has 4 heterocycles. The molecule has 170 valence electrons. The number of carbonyl (C=O) groups excluding carboxylic acids is 1. The van der Waals surface area contributed by atoms with Gasteiger partial charge in [-0.05, 0) is 31.0 Å². The molecule has 3 aromatic rings. The molecule has 0 aliphatic carbocycles. The number of pyridine rings is 1. The van der Waals surface area contributed by atoms with Crippen LogP contribution in [0.1, 0.15) is 34.8 Å². The SMILES string of the molecule is O=C(c1ccccc1F)N1CCCC(c2nc(N3CCOCC3)ncc2-c2cccnc2)C1. The first-order valence-corrected chi connectivity index (χ1v) is 11.3. The predicted molar refractivity (Wildman–Crippen MR) is 123 cm³/mol. The van der Waals surface area contributed by atoms with Gasteiger partial charge in [0, 0.05) is 61.8 Å². The molecule has 1 atom stereocenters. The molecule has 0 N–H and O–H groups in total. The summed E-state index contributed by atoms with van der Waals surface area (Å²) in [5, 5.41) is 0. The maximum Gasteiger partial charge on any atom is 0.256 e. The van der Waals surface area contributed by atoms with E-state index in [0.717, 1.165) is 42.8 Å². The van der Waals surface area contributed by atoms with Crippen molar-refractivity contribution in [2.24, 2.45) is 0 Å². The summed E-state index contributed by atoms with van der Waals surface area (Å²) in [6.45, 7) is 3.88. The molecule has 0 radical (unpaired) electrons. The summed E-state index contributed by atoms with van der Waals surface area (Å²) in [6, 6.07) is 10.0. The second kappa shape index (κ2) is 9.62. The van der Waals surface area contributed by atoms with Crippen LogP contribution in [0.5, 0.6) is 0 Å². The monoisotopic (exact) mass is 447 g/mol. The molecule has 8 heteroatoms. The highest BCUT2D eigenvalue weighted by Gasteiger charge is 2.30. The zero-order chi connectivity index (χ0) is 22.6. The van der Waals surface area contributed by atoms with Crippen molar-refractivity contribution in [1.29, 1.82) is 0 Å². The third-order valence-corrected chi connectivity index (χ3v) is 6.27. The van der Waals surface area contributed by atoms with E-state index in [1.54, 1.807) is 29.3 Å². The Bertz CT molecular complexity index is 1120. The van der Waals surface area contributed by atoms with E-state index in [4.69, 9.17) is 9.72 Å². The van der Waals surface area contributed by atoms with Crippen molar-refractivity contribution >= 4 is 11.9 Å². The smallest absolute Gasteiger partial charge is 0.256 e. The van der Waals surface area contributed by atoms with Gasteiger partial charge in [-0.3, -0.25) is 9.78 Å². The van der Waals surface area contributed by atoms with Crippen LogP contribution in [0.25, 0.3) is 11.1 Å². The lowest BCUT2D eigenvalue weighted by Gasteiger charge is -2.34. The molecule has 2 aliphatic heterocycles. The summed E-state index contributed by atoms with van der Waals surface area (Å²) in [7, 11) is 0. The highest BCUT2D eigenvalue weighted by molar-refractivity contribution is 5.94. The van der Waals surface area contributed by atoms with Crippen LogP contribution in [0.15, 0.2) is 55.0 Å². The van der Waals surface area contributed by atoms with Crippen molar-refractivity contribution in [3.63, 3.8) is 0 Å². The quantitative estimate of drug-likeness (QED) is 0.609. The molecule has 2 aliphatic rings. The number of aromatic nitrogens is 3. The van der Waals surface area contributed by atoms with Crippen molar-refractivity contribution in [1.82, 2.24) is 19.9 Å². The summed E-state index contributed by atoms with van der Waals surface area (Å²) in [5.74, 6) is -0.0635. The molecule has 1 aromatic carbocycles.